The highest BCUT2D eigenvalue weighted by molar-refractivity contribution is 5.79. The van der Waals surface area contributed by atoms with Crippen molar-refractivity contribution in [3.63, 3.8) is 0 Å². The lowest BCUT2D eigenvalue weighted by molar-refractivity contribution is 0.0657. The predicted molar refractivity (Wildman–Crippen MR) is 102 cm³/mol. The first-order valence-electron chi connectivity index (χ1n) is 9.32. The van der Waals surface area contributed by atoms with Gasteiger partial charge in [-0.3, -0.25) is 0 Å². The summed E-state index contributed by atoms with van der Waals surface area (Å²) in [6.07, 6.45) is 2.43. The molecule has 1 aromatic rings. The number of piperidine rings is 1. The third kappa shape index (κ3) is 5.75. The van der Waals surface area contributed by atoms with Crippen LogP contribution in [0.25, 0.3) is 0 Å². The maximum absolute atomic E-state index is 10.8. The van der Waals surface area contributed by atoms with Crippen LogP contribution in [0.5, 0.6) is 0 Å². The highest BCUT2D eigenvalue weighted by Crippen LogP contribution is 2.27. The minimum atomic E-state index is -1.04. The standard InChI is InChI=1S/C19H34N4O2/c1-6-20-18(21-12-16-7-9-23(5)10-8-16)22-13-19(4,24)17-11-14(2)25-15(17)3/h11,16,24H,6-10,12-13H2,1-5H3,(H2,20,21,22). The van der Waals surface area contributed by atoms with Gasteiger partial charge in [-0.1, -0.05) is 0 Å². The van der Waals surface area contributed by atoms with Crippen molar-refractivity contribution in [2.75, 3.05) is 39.8 Å². The van der Waals surface area contributed by atoms with E-state index in [0.29, 0.717) is 5.92 Å². The first-order chi connectivity index (χ1) is 11.8. The van der Waals surface area contributed by atoms with Gasteiger partial charge >= 0.3 is 0 Å². The zero-order chi connectivity index (χ0) is 18.4. The van der Waals surface area contributed by atoms with Crippen molar-refractivity contribution in [3.8, 4) is 0 Å². The van der Waals surface area contributed by atoms with Crippen LogP contribution in [0.4, 0.5) is 0 Å². The van der Waals surface area contributed by atoms with Gasteiger partial charge in [-0.15, -0.1) is 0 Å². The zero-order valence-corrected chi connectivity index (χ0v) is 16.4. The number of rotatable bonds is 6. The van der Waals surface area contributed by atoms with Crippen molar-refractivity contribution in [1.29, 1.82) is 0 Å². The van der Waals surface area contributed by atoms with Crippen LogP contribution in [0.1, 0.15) is 43.8 Å². The molecule has 0 radical (unpaired) electrons. The maximum atomic E-state index is 10.8. The number of aryl methyl sites for hydroxylation is 2. The molecule has 2 heterocycles. The predicted octanol–water partition coefficient (Wildman–Crippen LogP) is 2.00. The summed E-state index contributed by atoms with van der Waals surface area (Å²) in [5.41, 5.74) is -0.238. The van der Waals surface area contributed by atoms with E-state index in [2.05, 4.69) is 34.5 Å². The lowest BCUT2D eigenvalue weighted by atomic mass is 9.96. The summed E-state index contributed by atoms with van der Waals surface area (Å²) in [6.45, 7) is 11.9. The fourth-order valence-corrected chi connectivity index (χ4v) is 3.33. The second-order valence-corrected chi connectivity index (χ2v) is 7.42. The van der Waals surface area contributed by atoms with E-state index in [9.17, 15) is 5.11 Å². The number of aliphatic hydroxyl groups is 1. The summed E-state index contributed by atoms with van der Waals surface area (Å²) in [4.78, 5) is 6.98. The van der Waals surface area contributed by atoms with Gasteiger partial charge in [0.15, 0.2) is 5.96 Å². The SMILES string of the molecule is CCNC(=NCC(C)(O)c1cc(C)oc1C)NCC1CCN(C)CC1. The number of aliphatic imine (C=N–C) groups is 1. The Hall–Kier alpha value is -1.53. The Kier molecular flexibility index (Phi) is 6.90. The van der Waals surface area contributed by atoms with E-state index in [1.807, 2.05) is 19.9 Å². The summed E-state index contributed by atoms with van der Waals surface area (Å²) < 4.78 is 5.55. The number of nitrogens with zero attached hydrogens (tertiary/aromatic N) is 2. The fraction of sp³-hybridized carbons (Fsp3) is 0.737. The van der Waals surface area contributed by atoms with Crippen molar-refractivity contribution in [3.05, 3.63) is 23.2 Å². The summed E-state index contributed by atoms with van der Waals surface area (Å²) in [5.74, 6) is 3.00. The van der Waals surface area contributed by atoms with Crippen LogP contribution < -0.4 is 10.6 Å². The molecular formula is C19H34N4O2. The van der Waals surface area contributed by atoms with Crippen molar-refractivity contribution in [2.45, 2.75) is 46.1 Å². The number of guanidine groups is 1. The normalized spacial score (nSPS) is 19.7. The second kappa shape index (κ2) is 8.72. The molecule has 0 bridgehead atoms. The van der Waals surface area contributed by atoms with Crippen molar-refractivity contribution < 1.29 is 9.52 Å². The molecule has 0 amide bonds. The number of hydrogen-bond donors (Lipinski definition) is 3. The molecule has 1 aromatic heterocycles. The molecule has 0 saturated carbocycles. The number of likely N-dealkylation sites (tertiary alicyclic amines) is 1. The highest BCUT2D eigenvalue weighted by Gasteiger charge is 2.27. The van der Waals surface area contributed by atoms with E-state index >= 15 is 0 Å². The van der Waals surface area contributed by atoms with Crippen molar-refractivity contribution in [2.24, 2.45) is 10.9 Å². The molecule has 1 unspecified atom stereocenters. The minimum absolute atomic E-state index is 0.287. The zero-order valence-electron chi connectivity index (χ0n) is 16.4. The van der Waals surface area contributed by atoms with Crippen LogP contribution in [-0.4, -0.2) is 55.7 Å². The van der Waals surface area contributed by atoms with Crippen molar-refractivity contribution in [1.82, 2.24) is 15.5 Å². The molecule has 1 aliphatic rings. The highest BCUT2D eigenvalue weighted by atomic mass is 16.3. The molecule has 0 aromatic carbocycles. The monoisotopic (exact) mass is 350 g/mol. The minimum Gasteiger partial charge on any atom is -0.466 e. The first kappa shape index (κ1) is 19.8. The molecule has 142 valence electrons. The smallest absolute Gasteiger partial charge is 0.191 e. The largest absolute Gasteiger partial charge is 0.466 e. The lowest BCUT2D eigenvalue weighted by Crippen LogP contribution is -2.43. The van der Waals surface area contributed by atoms with Gasteiger partial charge in [0.05, 0.1) is 6.54 Å². The van der Waals surface area contributed by atoms with Crippen LogP contribution in [-0.2, 0) is 5.60 Å². The van der Waals surface area contributed by atoms with Gasteiger partial charge < -0.3 is 25.1 Å². The maximum Gasteiger partial charge on any atom is 0.191 e. The molecule has 6 heteroatoms. The molecule has 1 atom stereocenters. The van der Waals surface area contributed by atoms with E-state index in [-0.39, 0.29) is 6.54 Å². The Balaban J connectivity index is 1.95. The third-order valence-corrected chi connectivity index (χ3v) is 4.91. The fourth-order valence-electron chi connectivity index (χ4n) is 3.33. The average molecular weight is 351 g/mol. The van der Waals surface area contributed by atoms with E-state index in [1.165, 1.54) is 12.8 Å². The number of furan rings is 1. The van der Waals surface area contributed by atoms with Gasteiger partial charge in [0, 0.05) is 18.7 Å². The Labute approximate surface area is 151 Å². The van der Waals surface area contributed by atoms with Crippen LogP contribution in [0.2, 0.25) is 0 Å². The van der Waals surface area contributed by atoms with Crippen LogP contribution in [0.3, 0.4) is 0 Å². The number of nitrogens with one attached hydrogen (secondary N) is 2. The quantitative estimate of drug-likeness (QED) is 0.541. The third-order valence-electron chi connectivity index (χ3n) is 4.91. The van der Waals surface area contributed by atoms with Crippen LogP contribution >= 0.6 is 0 Å². The molecule has 1 fully saturated rings. The summed E-state index contributed by atoms with van der Waals surface area (Å²) >= 11 is 0. The van der Waals surface area contributed by atoms with E-state index in [0.717, 1.165) is 49.2 Å². The van der Waals surface area contributed by atoms with Gasteiger partial charge in [-0.25, -0.2) is 4.99 Å². The van der Waals surface area contributed by atoms with E-state index in [1.54, 1.807) is 6.92 Å². The van der Waals surface area contributed by atoms with Gasteiger partial charge in [0.2, 0.25) is 0 Å². The van der Waals surface area contributed by atoms with E-state index in [4.69, 9.17) is 4.42 Å². The Morgan fingerprint density at radius 2 is 2.04 bits per heavy atom. The molecule has 2 rings (SSSR count). The summed E-state index contributed by atoms with van der Waals surface area (Å²) in [7, 11) is 2.18. The lowest BCUT2D eigenvalue weighted by Gasteiger charge is -2.29. The molecule has 0 spiro atoms. The summed E-state index contributed by atoms with van der Waals surface area (Å²) in [5, 5.41) is 17.5. The topological polar surface area (TPSA) is 73.0 Å². The molecule has 0 aliphatic carbocycles. The Morgan fingerprint density at radius 1 is 1.36 bits per heavy atom. The van der Waals surface area contributed by atoms with Crippen LogP contribution in [0, 0.1) is 19.8 Å². The van der Waals surface area contributed by atoms with Gasteiger partial charge in [-0.2, -0.15) is 0 Å². The van der Waals surface area contributed by atoms with Crippen molar-refractivity contribution >= 4 is 5.96 Å². The molecular weight excluding hydrogens is 316 g/mol. The van der Waals surface area contributed by atoms with Gasteiger partial charge in [0.25, 0.3) is 0 Å². The summed E-state index contributed by atoms with van der Waals surface area (Å²) in [6, 6.07) is 1.89. The number of hydrogen-bond acceptors (Lipinski definition) is 4. The Morgan fingerprint density at radius 3 is 2.60 bits per heavy atom. The second-order valence-electron chi connectivity index (χ2n) is 7.42. The molecule has 6 nitrogen and oxygen atoms in total. The molecule has 1 aliphatic heterocycles. The molecule has 1 saturated heterocycles. The van der Waals surface area contributed by atoms with E-state index < -0.39 is 5.60 Å². The molecule has 3 N–H and O–H groups in total. The molecule has 25 heavy (non-hydrogen) atoms. The van der Waals surface area contributed by atoms with Crippen LogP contribution in [0.15, 0.2) is 15.5 Å². The first-order valence-corrected chi connectivity index (χ1v) is 9.32. The Bertz CT molecular complexity index is 572. The van der Waals surface area contributed by atoms with Gasteiger partial charge in [0.1, 0.15) is 17.1 Å². The van der Waals surface area contributed by atoms with Gasteiger partial charge in [-0.05, 0) is 72.7 Å². The average Bonchev–Trinajstić information content (AvgIpc) is 2.91.